The molecule has 11 heteroatoms. The van der Waals surface area contributed by atoms with Gasteiger partial charge in [0.1, 0.15) is 10.9 Å². The number of pyridine rings is 2. The van der Waals surface area contributed by atoms with Gasteiger partial charge in [-0.05, 0) is 29.4 Å². The topological polar surface area (TPSA) is 108 Å². The standard InChI is InChI=1S/C20H22ClN5O4S/c1-11(2)9-30-10-12-5-13(14-6-17(21)23-8-16(14)28-3)15(7-22-12)18(27)24-19-25-26-20(29-4)31-19/h5-8,11H,9-10H2,1-4H3,(H,24,25,27). The van der Waals surface area contributed by atoms with Crippen molar-refractivity contribution >= 4 is 34.0 Å². The molecule has 0 aromatic carbocycles. The molecule has 0 saturated carbocycles. The van der Waals surface area contributed by atoms with Crippen molar-refractivity contribution in [1.82, 2.24) is 20.2 Å². The Morgan fingerprint density at radius 1 is 1.13 bits per heavy atom. The third-order valence-corrected chi connectivity index (χ3v) is 5.06. The molecule has 0 aliphatic rings. The fourth-order valence-corrected chi connectivity index (χ4v) is 3.39. The van der Waals surface area contributed by atoms with Crippen LogP contribution in [-0.4, -0.2) is 46.9 Å². The van der Waals surface area contributed by atoms with Gasteiger partial charge in [0.05, 0.1) is 38.3 Å². The average molecular weight is 464 g/mol. The van der Waals surface area contributed by atoms with Crippen LogP contribution in [0.25, 0.3) is 11.1 Å². The first-order valence-electron chi connectivity index (χ1n) is 9.36. The smallest absolute Gasteiger partial charge is 0.295 e. The number of aromatic nitrogens is 4. The summed E-state index contributed by atoms with van der Waals surface area (Å²) in [6.45, 7) is 5.04. The minimum absolute atomic E-state index is 0.269. The van der Waals surface area contributed by atoms with Crippen LogP contribution in [0.3, 0.4) is 0 Å². The molecule has 0 unspecified atom stereocenters. The van der Waals surface area contributed by atoms with E-state index >= 15 is 0 Å². The summed E-state index contributed by atoms with van der Waals surface area (Å²) in [5.74, 6) is 0.453. The molecule has 0 fully saturated rings. The molecule has 0 bridgehead atoms. The number of ether oxygens (including phenoxy) is 3. The fourth-order valence-electron chi connectivity index (χ4n) is 2.68. The monoisotopic (exact) mass is 463 g/mol. The van der Waals surface area contributed by atoms with Crippen LogP contribution in [0.2, 0.25) is 5.15 Å². The van der Waals surface area contributed by atoms with E-state index in [4.69, 9.17) is 25.8 Å². The van der Waals surface area contributed by atoms with Crippen molar-refractivity contribution in [2.75, 3.05) is 26.1 Å². The van der Waals surface area contributed by atoms with E-state index in [1.165, 1.54) is 26.6 Å². The zero-order valence-corrected chi connectivity index (χ0v) is 19.1. The molecule has 3 heterocycles. The SMILES string of the molecule is COc1nnc(NC(=O)c2cnc(COCC(C)C)cc2-c2cc(Cl)ncc2OC)s1. The Hall–Kier alpha value is -2.82. The lowest BCUT2D eigenvalue weighted by molar-refractivity contribution is 0.0947. The van der Waals surface area contributed by atoms with E-state index in [1.54, 1.807) is 12.1 Å². The Morgan fingerprint density at radius 3 is 2.61 bits per heavy atom. The molecule has 0 spiro atoms. The van der Waals surface area contributed by atoms with Crippen molar-refractivity contribution in [2.45, 2.75) is 20.5 Å². The van der Waals surface area contributed by atoms with Gasteiger partial charge in [0, 0.05) is 23.9 Å². The molecular formula is C20H22ClN5O4S. The van der Waals surface area contributed by atoms with E-state index < -0.39 is 5.91 Å². The predicted molar refractivity (Wildman–Crippen MR) is 118 cm³/mol. The summed E-state index contributed by atoms with van der Waals surface area (Å²) in [6, 6.07) is 3.42. The highest BCUT2D eigenvalue weighted by Crippen LogP contribution is 2.34. The molecule has 0 aliphatic heterocycles. The number of rotatable bonds is 9. The van der Waals surface area contributed by atoms with Crippen molar-refractivity contribution in [1.29, 1.82) is 0 Å². The number of nitrogens with one attached hydrogen (secondary N) is 1. The Labute approximate surface area is 188 Å². The van der Waals surface area contributed by atoms with Gasteiger partial charge < -0.3 is 14.2 Å². The molecular weight excluding hydrogens is 442 g/mol. The van der Waals surface area contributed by atoms with Crippen LogP contribution < -0.4 is 14.8 Å². The quantitative estimate of drug-likeness (QED) is 0.472. The van der Waals surface area contributed by atoms with Crippen LogP contribution in [0.5, 0.6) is 10.9 Å². The summed E-state index contributed by atoms with van der Waals surface area (Å²) in [5, 5.41) is 11.3. The second kappa shape index (κ2) is 10.5. The van der Waals surface area contributed by atoms with Gasteiger partial charge in [-0.2, -0.15) is 0 Å². The number of halogens is 1. The molecule has 3 aromatic rings. The van der Waals surface area contributed by atoms with Crippen molar-refractivity contribution < 1.29 is 19.0 Å². The lowest BCUT2D eigenvalue weighted by Gasteiger charge is -2.14. The second-order valence-electron chi connectivity index (χ2n) is 6.87. The third kappa shape index (κ3) is 5.87. The number of carbonyl (C=O) groups is 1. The fraction of sp³-hybridized carbons (Fsp3) is 0.350. The number of anilines is 1. The number of carbonyl (C=O) groups excluding carboxylic acids is 1. The number of methoxy groups -OCH3 is 2. The van der Waals surface area contributed by atoms with Crippen LogP contribution in [0, 0.1) is 5.92 Å². The van der Waals surface area contributed by atoms with E-state index in [-0.39, 0.29) is 5.15 Å². The molecule has 3 rings (SSSR count). The van der Waals surface area contributed by atoms with Gasteiger partial charge >= 0.3 is 0 Å². The van der Waals surface area contributed by atoms with Crippen molar-refractivity contribution in [3.63, 3.8) is 0 Å². The number of hydrogen-bond donors (Lipinski definition) is 1. The normalized spacial score (nSPS) is 10.9. The van der Waals surface area contributed by atoms with Crippen molar-refractivity contribution in [2.24, 2.45) is 5.92 Å². The molecule has 0 saturated heterocycles. The van der Waals surface area contributed by atoms with E-state index in [0.717, 1.165) is 11.3 Å². The summed E-state index contributed by atoms with van der Waals surface area (Å²) in [6.07, 6.45) is 3.00. The molecule has 9 nitrogen and oxygen atoms in total. The van der Waals surface area contributed by atoms with Crippen molar-refractivity contribution in [3.05, 3.63) is 40.9 Å². The van der Waals surface area contributed by atoms with E-state index in [0.29, 0.717) is 57.6 Å². The zero-order chi connectivity index (χ0) is 22.4. The summed E-state index contributed by atoms with van der Waals surface area (Å²) in [5.41, 5.74) is 2.16. The molecule has 0 aliphatic carbocycles. The van der Waals surface area contributed by atoms with Crippen LogP contribution in [0.4, 0.5) is 5.13 Å². The van der Waals surface area contributed by atoms with Gasteiger partial charge in [0.15, 0.2) is 0 Å². The molecule has 3 aromatic heterocycles. The number of hydrogen-bond acceptors (Lipinski definition) is 9. The third-order valence-electron chi connectivity index (χ3n) is 4.05. The molecule has 1 amide bonds. The minimum atomic E-state index is -0.411. The highest BCUT2D eigenvalue weighted by atomic mass is 35.5. The molecule has 0 atom stereocenters. The largest absolute Gasteiger partial charge is 0.494 e. The lowest BCUT2D eigenvalue weighted by Crippen LogP contribution is -2.14. The maximum absolute atomic E-state index is 13.0. The average Bonchev–Trinajstić information content (AvgIpc) is 3.20. The summed E-state index contributed by atoms with van der Waals surface area (Å²) in [7, 11) is 3.00. The first-order chi connectivity index (χ1) is 14.9. The highest BCUT2D eigenvalue weighted by Gasteiger charge is 2.20. The van der Waals surface area contributed by atoms with Gasteiger partial charge in [0.25, 0.3) is 11.1 Å². The summed E-state index contributed by atoms with van der Waals surface area (Å²) in [4.78, 5) is 21.5. The van der Waals surface area contributed by atoms with Gasteiger partial charge in [0.2, 0.25) is 5.13 Å². The maximum atomic E-state index is 13.0. The Kier molecular flexibility index (Phi) is 7.72. The maximum Gasteiger partial charge on any atom is 0.295 e. The van der Waals surface area contributed by atoms with Gasteiger partial charge in [-0.15, -0.1) is 5.10 Å². The van der Waals surface area contributed by atoms with Crippen LogP contribution in [0.15, 0.2) is 24.5 Å². The highest BCUT2D eigenvalue weighted by molar-refractivity contribution is 7.17. The van der Waals surface area contributed by atoms with E-state index in [2.05, 4.69) is 39.3 Å². The van der Waals surface area contributed by atoms with Crippen molar-refractivity contribution in [3.8, 4) is 22.1 Å². The van der Waals surface area contributed by atoms with Gasteiger partial charge in [-0.3, -0.25) is 15.1 Å². The Morgan fingerprint density at radius 2 is 1.94 bits per heavy atom. The van der Waals surface area contributed by atoms with Crippen LogP contribution in [0.1, 0.15) is 29.9 Å². The van der Waals surface area contributed by atoms with Crippen LogP contribution >= 0.6 is 22.9 Å². The Bertz CT molecular complexity index is 1060. The lowest BCUT2D eigenvalue weighted by atomic mass is 10.00. The zero-order valence-electron chi connectivity index (χ0n) is 17.5. The predicted octanol–water partition coefficient (Wildman–Crippen LogP) is 4.09. The first-order valence-corrected chi connectivity index (χ1v) is 10.6. The molecule has 31 heavy (non-hydrogen) atoms. The molecule has 0 radical (unpaired) electrons. The van der Waals surface area contributed by atoms with Crippen LogP contribution in [-0.2, 0) is 11.3 Å². The number of nitrogens with zero attached hydrogens (tertiary/aromatic N) is 4. The van der Waals surface area contributed by atoms with E-state index in [9.17, 15) is 4.79 Å². The second-order valence-corrected chi connectivity index (χ2v) is 8.20. The summed E-state index contributed by atoms with van der Waals surface area (Å²) >= 11 is 7.24. The van der Waals surface area contributed by atoms with Gasteiger partial charge in [-0.25, -0.2) is 4.98 Å². The minimum Gasteiger partial charge on any atom is -0.494 e. The molecule has 1 N–H and O–H groups in total. The van der Waals surface area contributed by atoms with E-state index in [1.807, 2.05) is 0 Å². The summed E-state index contributed by atoms with van der Waals surface area (Å²) < 4.78 is 16.2. The van der Waals surface area contributed by atoms with Gasteiger partial charge in [-0.1, -0.05) is 30.5 Å². The first kappa shape index (κ1) is 22.9. The molecule has 164 valence electrons. The number of amides is 1. The Balaban J connectivity index is 1.99.